The summed E-state index contributed by atoms with van der Waals surface area (Å²) in [4.78, 5) is 7.08. The number of rotatable bonds is 5. The molecule has 12 heteroatoms. The molecule has 0 unspecified atom stereocenters. The first-order valence-corrected chi connectivity index (χ1v) is 10.7. The first-order chi connectivity index (χ1) is 15.5. The quantitative estimate of drug-likeness (QED) is 0.598. The van der Waals surface area contributed by atoms with Crippen LogP contribution in [0.25, 0.3) is 0 Å². The number of hydrogen-bond acceptors (Lipinski definition) is 6. The molecule has 0 spiro atoms. The highest BCUT2D eigenvalue weighted by molar-refractivity contribution is 5.35. The zero-order valence-electron chi connectivity index (χ0n) is 18.0. The Balaban J connectivity index is 1.34. The van der Waals surface area contributed by atoms with E-state index in [4.69, 9.17) is 4.74 Å². The summed E-state index contributed by atoms with van der Waals surface area (Å²) in [5.41, 5.74) is -1.80. The summed E-state index contributed by atoms with van der Waals surface area (Å²) in [6, 6.07) is 2.01. The standard InChI is InChI=1S/C21H24F6N4O2/c1-30-8-4-20(24,5-9-30)13-10-15(22)18(16(23)11-13)32-14-2-6-31(7-3-14)12-17-28-19(29-33-17)21(25,26)27/h10-11,14H,2-9,12H2,1H3. The average molecular weight is 478 g/mol. The summed E-state index contributed by atoms with van der Waals surface area (Å²) < 4.78 is 92.4. The maximum atomic E-state index is 15.2. The van der Waals surface area contributed by atoms with Crippen LogP contribution in [0.1, 0.15) is 43.0 Å². The first kappa shape index (κ1) is 23.8. The second-order valence-electron chi connectivity index (χ2n) is 8.64. The fourth-order valence-corrected chi connectivity index (χ4v) is 4.17. The predicted octanol–water partition coefficient (Wildman–Crippen LogP) is 4.30. The predicted molar refractivity (Wildman–Crippen MR) is 104 cm³/mol. The van der Waals surface area contributed by atoms with Gasteiger partial charge in [0.25, 0.3) is 5.82 Å². The van der Waals surface area contributed by atoms with Gasteiger partial charge < -0.3 is 14.2 Å². The highest BCUT2D eigenvalue weighted by Crippen LogP contribution is 2.39. The van der Waals surface area contributed by atoms with Crippen LogP contribution in [0.5, 0.6) is 5.75 Å². The molecule has 0 N–H and O–H groups in total. The van der Waals surface area contributed by atoms with Gasteiger partial charge in [-0.2, -0.15) is 18.2 Å². The van der Waals surface area contributed by atoms with Crippen LogP contribution in [0.2, 0.25) is 0 Å². The molecule has 2 aliphatic heterocycles. The minimum Gasteiger partial charge on any atom is -0.484 e. The van der Waals surface area contributed by atoms with Crippen LogP contribution in [-0.4, -0.2) is 59.3 Å². The molecule has 6 nitrogen and oxygen atoms in total. The van der Waals surface area contributed by atoms with Crippen LogP contribution in [0.15, 0.2) is 16.7 Å². The fraction of sp³-hybridized carbons (Fsp3) is 0.619. The Kier molecular flexibility index (Phi) is 6.59. The Morgan fingerprint density at radius 1 is 1.09 bits per heavy atom. The van der Waals surface area contributed by atoms with Gasteiger partial charge in [-0.25, -0.2) is 13.2 Å². The van der Waals surface area contributed by atoms with Gasteiger partial charge in [0.05, 0.1) is 6.54 Å². The van der Waals surface area contributed by atoms with E-state index in [1.54, 1.807) is 4.90 Å². The molecule has 2 aromatic rings. The summed E-state index contributed by atoms with van der Waals surface area (Å²) in [5, 5.41) is 2.92. The first-order valence-electron chi connectivity index (χ1n) is 10.7. The van der Waals surface area contributed by atoms with Gasteiger partial charge in [0.1, 0.15) is 11.8 Å². The smallest absolute Gasteiger partial charge is 0.455 e. The number of benzene rings is 1. The van der Waals surface area contributed by atoms with Crippen LogP contribution in [0, 0.1) is 11.6 Å². The van der Waals surface area contributed by atoms with Gasteiger partial charge >= 0.3 is 6.18 Å². The van der Waals surface area contributed by atoms with E-state index in [1.165, 1.54) is 0 Å². The second kappa shape index (κ2) is 9.13. The monoisotopic (exact) mass is 478 g/mol. The molecule has 1 aromatic carbocycles. The van der Waals surface area contributed by atoms with Crippen molar-refractivity contribution in [2.45, 2.75) is 50.2 Å². The van der Waals surface area contributed by atoms with E-state index in [2.05, 4.69) is 14.7 Å². The molecule has 4 rings (SSSR count). The van der Waals surface area contributed by atoms with E-state index in [9.17, 15) is 22.0 Å². The van der Waals surface area contributed by atoms with Gasteiger partial charge in [0.15, 0.2) is 17.4 Å². The lowest BCUT2D eigenvalue weighted by atomic mass is 9.86. The Labute approximate surface area is 186 Å². The summed E-state index contributed by atoms with van der Waals surface area (Å²) in [6.07, 6.45) is -4.08. The largest absolute Gasteiger partial charge is 0.484 e. The molecular weight excluding hydrogens is 454 g/mol. The van der Waals surface area contributed by atoms with E-state index < -0.39 is 41.2 Å². The van der Waals surface area contributed by atoms with Crippen molar-refractivity contribution in [2.24, 2.45) is 0 Å². The number of aromatic nitrogens is 2. The third kappa shape index (κ3) is 5.43. The molecule has 2 aliphatic rings. The van der Waals surface area contributed by atoms with Crippen molar-refractivity contribution in [3.05, 3.63) is 41.0 Å². The molecule has 0 bridgehead atoms. The van der Waals surface area contributed by atoms with Crippen molar-refractivity contribution < 1.29 is 35.6 Å². The lowest BCUT2D eigenvalue weighted by molar-refractivity contribution is -0.146. The molecule has 182 valence electrons. The summed E-state index contributed by atoms with van der Waals surface area (Å²) in [5.74, 6) is -3.94. The number of ether oxygens (including phenoxy) is 1. The molecule has 3 heterocycles. The molecule has 1 aromatic heterocycles. The van der Waals surface area contributed by atoms with Crippen molar-refractivity contribution in [2.75, 3.05) is 33.2 Å². The minimum atomic E-state index is -4.68. The molecule has 2 fully saturated rings. The van der Waals surface area contributed by atoms with Crippen molar-refractivity contribution >= 4 is 0 Å². The van der Waals surface area contributed by atoms with E-state index in [0.29, 0.717) is 39.0 Å². The summed E-state index contributed by atoms with van der Waals surface area (Å²) >= 11 is 0. The maximum Gasteiger partial charge on any atom is 0.455 e. The van der Waals surface area contributed by atoms with Gasteiger partial charge in [0.2, 0.25) is 5.89 Å². The van der Waals surface area contributed by atoms with Gasteiger partial charge in [-0.1, -0.05) is 5.16 Å². The maximum absolute atomic E-state index is 15.2. The third-order valence-electron chi connectivity index (χ3n) is 6.19. The zero-order valence-corrected chi connectivity index (χ0v) is 18.0. The van der Waals surface area contributed by atoms with Crippen LogP contribution < -0.4 is 4.74 Å². The van der Waals surface area contributed by atoms with Crippen LogP contribution >= 0.6 is 0 Å². The number of nitrogens with zero attached hydrogens (tertiary/aromatic N) is 4. The molecule has 0 radical (unpaired) electrons. The van der Waals surface area contributed by atoms with Crippen molar-refractivity contribution in [3.63, 3.8) is 0 Å². The van der Waals surface area contributed by atoms with E-state index in [0.717, 1.165) is 12.1 Å². The fourth-order valence-electron chi connectivity index (χ4n) is 4.17. The number of likely N-dealkylation sites (tertiary alicyclic amines) is 2. The minimum absolute atomic E-state index is 0.0226. The van der Waals surface area contributed by atoms with Crippen molar-refractivity contribution in [1.29, 1.82) is 0 Å². The highest BCUT2D eigenvalue weighted by atomic mass is 19.4. The zero-order chi connectivity index (χ0) is 23.8. The van der Waals surface area contributed by atoms with E-state index in [-0.39, 0.29) is 30.8 Å². The lowest BCUT2D eigenvalue weighted by Gasteiger charge is -2.35. The van der Waals surface area contributed by atoms with E-state index >= 15 is 4.39 Å². The lowest BCUT2D eigenvalue weighted by Crippen LogP contribution is -2.38. The van der Waals surface area contributed by atoms with Gasteiger partial charge in [0, 0.05) is 26.2 Å². The van der Waals surface area contributed by atoms with Gasteiger partial charge in [-0.3, -0.25) is 4.90 Å². The Morgan fingerprint density at radius 2 is 1.70 bits per heavy atom. The molecule has 0 amide bonds. The van der Waals surface area contributed by atoms with Crippen LogP contribution in [0.3, 0.4) is 0 Å². The number of alkyl halides is 4. The SMILES string of the molecule is CN1CCC(F)(c2cc(F)c(OC3CCN(Cc4nc(C(F)(F)F)no4)CC3)c(F)c2)CC1. The second-order valence-corrected chi connectivity index (χ2v) is 8.64. The van der Waals surface area contributed by atoms with Crippen LogP contribution in [0.4, 0.5) is 26.3 Å². The molecule has 0 aliphatic carbocycles. The summed E-state index contributed by atoms with van der Waals surface area (Å²) in [6.45, 7) is 1.82. The van der Waals surface area contributed by atoms with Gasteiger partial charge in [-0.15, -0.1) is 0 Å². The normalized spacial score (nSPS) is 20.8. The number of piperidine rings is 2. The highest BCUT2D eigenvalue weighted by Gasteiger charge is 2.38. The molecule has 0 atom stereocenters. The van der Waals surface area contributed by atoms with E-state index in [1.807, 2.05) is 11.9 Å². The van der Waals surface area contributed by atoms with Gasteiger partial charge in [-0.05, 0) is 50.4 Å². The molecule has 33 heavy (non-hydrogen) atoms. The van der Waals surface area contributed by atoms with Crippen molar-refractivity contribution in [3.8, 4) is 5.75 Å². The molecule has 0 saturated carbocycles. The average Bonchev–Trinajstić information content (AvgIpc) is 3.23. The Hall–Kier alpha value is -2.34. The molecular formula is C21H24F6N4O2. The van der Waals surface area contributed by atoms with Crippen LogP contribution in [-0.2, 0) is 18.4 Å². The molecule has 2 saturated heterocycles. The third-order valence-corrected chi connectivity index (χ3v) is 6.19. The van der Waals surface area contributed by atoms with Crippen molar-refractivity contribution in [1.82, 2.24) is 19.9 Å². The number of halogens is 6. The Morgan fingerprint density at radius 3 is 2.24 bits per heavy atom. The topological polar surface area (TPSA) is 54.6 Å². The summed E-state index contributed by atoms with van der Waals surface area (Å²) in [7, 11) is 1.87. The number of hydrogen-bond donors (Lipinski definition) is 0. The Bertz CT molecular complexity index is 943.